The quantitative estimate of drug-likeness (QED) is 0.766. The average molecular weight is 222 g/mol. The zero-order chi connectivity index (χ0) is 10.3. The Morgan fingerprint density at radius 1 is 1.33 bits per heavy atom. The molecule has 1 atom stereocenters. The van der Waals surface area contributed by atoms with Gasteiger partial charge in [0, 0.05) is 24.0 Å². The van der Waals surface area contributed by atoms with Crippen molar-refractivity contribution in [2.24, 2.45) is 5.73 Å². The van der Waals surface area contributed by atoms with Crippen LogP contribution in [-0.2, 0) is 6.54 Å². The number of hydrogen-bond acceptors (Lipinski definition) is 3. The Bertz CT molecular complexity index is 353. The Hall–Kier alpha value is -0.380. The van der Waals surface area contributed by atoms with Gasteiger partial charge in [-0.3, -0.25) is 0 Å². The van der Waals surface area contributed by atoms with Gasteiger partial charge in [-0.05, 0) is 35.3 Å². The molecule has 1 unspecified atom stereocenters. The van der Waals surface area contributed by atoms with Crippen LogP contribution in [0.25, 0.3) is 0 Å². The summed E-state index contributed by atoms with van der Waals surface area (Å²) in [6.45, 7) is 1.98. The van der Waals surface area contributed by atoms with Gasteiger partial charge in [-0.1, -0.05) is 12.8 Å². The third kappa shape index (κ3) is 1.63. The summed E-state index contributed by atoms with van der Waals surface area (Å²) in [6.07, 6.45) is 5.57. The molecule has 82 valence electrons. The number of rotatable bonds is 1. The maximum absolute atomic E-state index is 6.20. The molecule has 0 bridgehead atoms. The summed E-state index contributed by atoms with van der Waals surface area (Å²) in [5, 5.41) is 5.75. The molecule has 0 radical (unpaired) electrons. The molecular formula is C12H18N2S. The van der Waals surface area contributed by atoms with E-state index in [1.54, 1.807) is 5.56 Å². The van der Waals surface area contributed by atoms with Crippen molar-refractivity contribution in [2.75, 3.05) is 6.54 Å². The summed E-state index contributed by atoms with van der Waals surface area (Å²) >= 11 is 1.90. The molecule has 1 aromatic heterocycles. The Morgan fingerprint density at radius 2 is 2.13 bits per heavy atom. The smallest absolute Gasteiger partial charge is 0.0436 e. The lowest BCUT2D eigenvalue weighted by atomic mass is 9.91. The van der Waals surface area contributed by atoms with Gasteiger partial charge < -0.3 is 11.1 Å². The van der Waals surface area contributed by atoms with E-state index in [1.165, 1.54) is 36.1 Å². The van der Waals surface area contributed by atoms with Gasteiger partial charge in [-0.2, -0.15) is 0 Å². The van der Waals surface area contributed by atoms with Gasteiger partial charge in [0.15, 0.2) is 0 Å². The topological polar surface area (TPSA) is 38.0 Å². The zero-order valence-corrected chi connectivity index (χ0v) is 9.78. The monoisotopic (exact) mass is 222 g/mol. The summed E-state index contributed by atoms with van der Waals surface area (Å²) < 4.78 is 0. The summed E-state index contributed by atoms with van der Waals surface area (Å²) in [5.74, 6) is 0.814. The molecule has 1 saturated carbocycles. The van der Waals surface area contributed by atoms with E-state index in [9.17, 15) is 0 Å². The fraction of sp³-hybridized carbons (Fsp3) is 0.667. The molecule has 1 aliphatic carbocycles. The van der Waals surface area contributed by atoms with Crippen LogP contribution >= 0.6 is 11.3 Å². The van der Waals surface area contributed by atoms with E-state index in [1.807, 2.05) is 11.3 Å². The minimum atomic E-state index is 0.232. The van der Waals surface area contributed by atoms with E-state index in [0.717, 1.165) is 19.0 Å². The molecule has 3 heteroatoms. The van der Waals surface area contributed by atoms with E-state index in [0.29, 0.717) is 0 Å². The summed E-state index contributed by atoms with van der Waals surface area (Å²) in [7, 11) is 0. The number of thiophene rings is 1. The van der Waals surface area contributed by atoms with Crippen molar-refractivity contribution in [3.63, 3.8) is 0 Å². The normalized spacial score (nSPS) is 26.9. The van der Waals surface area contributed by atoms with E-state index in [-0.39, 0.29) is 6.04 Å². The largest absolute Gasteiger partial charge is 0.323 e. The minimum absolute atomic E-state index is 0.232. The predicted molar refractivity (Wildman–Crippen MR) is 64.2 cm³/mol. The number of fused-ring (bicyclic) bond motifs is 1. The molecule has 1 aromatic rings. The van der Waals surface area contributed by atoms with E-state index in [4.69, 9.17) is 5.73 Å². The van der Waals surface area contributed by atoms with Gasteiger partial charge >= 0.3 is 0 Å². The number of nitrogens with two attached hydrogens (primary N) is 1. The van der Waals surface area contributed by atoms with Crippen LogP contribution in [0.4, 0.5) is 0 Å². The highest BCUT2D eigenvalue weighted by Gasteiger charge is 2.27. The first-order chi connectivity index (χ1) is 7.36. The number of nitrogens with one attached hydrogen (secondary N) is 1. The molecule has 3 N–H and O–H groups in total. The van der Waals surface area contributed by atoms with E-state index >= 15 is 0 Å². The van der Waals surface area contributed by atoms with Crippen LogP contribution < -0.4 is 11.1 Å². The van der Waals surface area contributed by atoms with Crippen molar-refractivity contribution in [1.82, 2.24) is 5.32 Å². The minimum Gasteiger partial charge on any atom is -0.323 e. The van der Waals surface area contributed by atoms with Crippen molar-refractivity contribution in [3.05, 3.63) is 21.4 Å². The molecule has 1 aliphatic heterocycles. The highest BCUT2D eigenvalue weighted by molar-refractivity contribution is 7.10. The second-order valence-electron chi connectivity index (χ2n) is 4.75. The maximum atomic E-state index is 6.20. The molecule has 2 aliphatic rings. The van der Waals surface area contributed by atoms with Crippen molar-refractivity contribution in [2.45, 2.75) is 44.2 Å². The molecule has 0 saturated heterocycles. The van der Waals surface area contributed by atoms with Crippen LogP contribution in [0.3, 0.4) is 0 Å². The average Bonchev–Trinajstić information content (AvgIpc) is 2.85. The molecule has 15 heavy (non-hydrogen) atoms. The molecular weight excluding hydrogens is 204 g/mol. The third-order valence-electron chi connectivity index (χ3n) is 3.76. The molecule has 0 aromatic carbocycles. The third-order valence-corrected chi connectivity index (χ3v) is 4.78. The second-order valence-corrected chi connectivity index (χ2v) is 5.71. The first-order valence-electron chi connectivity index (χ1n) is 5.92. The first kappa shape index (κ1) is 9.82. The molecule has 2 heterocycles. The first-order valence-corrected chi connectivity index (χ1v) is 6.80. The van der Waals surface area contributed by atoms with Gasteiger partial charge in [0.25, 0.3) is 0 Å². The van der Waals surface area contributed by atoms with Gasteiger partial charge in [0.2, 0.25) is 0 Å². The van der Waals surface area contributed by atoms with Crippen LogP contribution in [-0.4, -0.2) is 6.54 Å². The highest BCUT2D eigenvalue weighted by atomic mass is 32.1. The summed E-state index contributed by atoms with van der Waals surface area (Å²) in [5.41, 5.74) is 9.28. The molecule has 1 fully saturated rings. The fourth-order valence-electron chi connectivity index (χ4n) is 2.98. The highest BCUT2D eigenvalue weighted by Crippen LogP contribution is 2.41. The van der Waals surface area contributed by atoms with Crippen molar-refractivity contribution < 1.29 is 0 Å². The van der Waals surface area contributed by atoms with Crippen LogP contribution in [0, 0.1) is 0 Å². The van der Waals surface area contributed by atoms with Gasteiger partial charge in [-0.25, -0.2) is 0 Å². The van der Waals surface area contributed by atoms with Crippen LogP contribution in [0.5, 0.6) is 0 Å². The van der Waals surface area contributed by atoms with Crippen LogP contribution in [0.15, 0.2) is 5.38 Å². The Kier molecular flexibility index (Phi) is 2.54. The zero-order valence-electron chi connectivity index (χ0n) is 8.96. The molecule has 0 amide bonds. The lowest BCUT2D eigenvalue weighted by Crippen LogP contribution is -2.32. The Labute approximate surface area is 94.9 Å². The Balaban J connectivity index is 1.97. The van der Waals surface area contributed by atoms with Crippen LogP contribution in [0.1, 0.15) is 53.6 Å². The molecule has 2 nitrogen and oxygen atoms in total. The lowest BCUT2D eigenvalue weighted by Gasteiger charge is -2.23. The predicted octanol–water partition coefficient (Wildman–Crippen LogP) is 2.51. The van der Waals surface area contributed by atoms with Crippen molar-refractivity contribution >= 4 is 11.3 Å². The van der Waals surface area contributed by atoms with Crippen LogP contribution in [0.2, 0.25) is 0 Å². The Morgan fingerprint density at radius 3 is 2.93 bits per heavy atom. The fourth-order valence-corrected chi connectivity index (χ4v) is 4.15. The van der Waals surface area contributed by atoms with Gasteiger partial charge in [0.1, 0.15) is 0 Å². The summed E-state index contributed by atoms with van der Waals surface area (Å²) in [4.78, 5) is 1.48. The van der Waals surface area contributed by atoms with Gasteiger partial charge in [0.05, 0.1) is 0 Å². The second kappa shape index (κ2) is 3.89. The van der Waals surface area contributed by atoms with Crippen molar-refractivity contribution in [1.29, 1.82) is 0 Å². The van der Waals surface area contributed by atoms with Gasteiger partial charge in [-0.15, -0.1) is 11.3 Å². The molecule has 3 rings (SSSR count). The number of hydrogen-bond donors (Lipinski definition) is 2. The maximum Gasteiger partial charge on any atom is 0.0436 e. The van der Waals surface area contributed by atoms with E-state index < -0.39 is 0 Å². The SMILES string of the molecule is NC1CNCc2scc(C3CCCC3)c21. The van der Waals surface area contributed by atoms with Crippen molar-refractivity contribution in [3.8, 4) is 0 Å². The lowest BCUT2D eigenvalue weighted by molar-refractivity contribution is 0.552. The molecule has 0 spiro atoms. The van der Waals surface area contributed by atoms with E-state index in [2.05, 4.69) is 10.7 Å². The standard InChI is InChI=1S/C12H18N2S/c13-10-5-14-6-11-12(10)9(7-15-11)8-3-1-2-4-8/h7-8,10,14H,1-6,13H2. The summed E-state index contributed by atoms with van der Waals surface area (Å²) in [6, 6.07) is 0.232.